The van der Waals surface area contributed by atoms with E-state index in [1.807, 2.05) is 18.2 Å². The van der Waals surface area contributed by atoms with Crippen LogP contribution < -0.4 is 5.32 Å². The van der Waals surface area contributed by atoms with Crippen molar-refractivity contribution in [2.75, 3.05) is 11.1 Å². The summed E-state index contributed by atoms with van der Waals surface area (Å²) in [5.41, 5.74) is 2.01. The SMILES string of the molecule is Cc1ccc(NC2CCS(=O)(=O)c3ccccc32)cc1F. The van der Waals surface area contributed by atoms with Gasteiger partial charge in [-0.15, -0.1) is 0 Å². The summed E-state index contributed by atoms with van der Waals surface area (Å²) in [6.07, 6.45) is 0.481. The molecule has 1 aliphatic heterocycles. The topological polar surface area (TPSA) is 46.2 Å². The van der Waals surface area contributed by atoms with Crippen molar-refractivity contribution >= 4 is 15.5 Å². The number of halogens is 1. The van der Waals surface area contributed by atoms with Gasteiger partial charge in [0.05, 0.1) is 16.7 Å². The molecular weight excluding hydrogens is 289 g/mol. The lowest BCUT2D eigenvalue weighted by Crippen LogP contribution is -2.24. The number of rotatable bonds is 2. The van der Waals surface area contributed by atoms with Gasteiger partial charge >= 0.3 is 0 Å². The first kappa shape index (κ1) is 14.1. The maximum atomic E-state index is 13.6. The van der Waals surface area contributed by atoms with Crippen LogP contribution in [0.25, 0.3) is 0 Å². The summed E-state index contributed by atoms with van der Waals surface area (Å²) in [5, 5.41) is 3.24. The summed E-state index contributed by atoms with van der Waals surface area (Å²) in [7, 11) is -3.20. The number of nitrogens with one attached hydrogen (secondary N) is 1. The quantitative estimate of drug-likeness (QED) is 0.924. The Balaban J connectivity index is 1.95. The van der Waals surface area contributed by atoms with Crippen molar-refractivity contribution in [2.45, 2.75) is 24.3 Å². The Bertz CT molecular complexity index is 787. The van der Waals surface area contributed by atoms with Crippen LogP contribution in [0.1, 0.15) is 23.6 Å². The van der Waals surface area contributed by atoms with Crippen molar-refractivity contribution in [1.29, 1.82) is 0 Å². The zero-order valence-corrected chi connectivity index (χ0v) is 12.5. The number of anilines is 1. The van der Waals surface area contributed by atoms with Gasteiger partial charge in [-0.3, -0.25) is 0 Å². The Morgan fingerprint density at radius 1 is 1.19 bits per heavy atom. The summed E-state index contributed by atoms with van der Waals surface area (Å²) in [5.74, 6) is -0.160. The minimum absolute atomic E-state index is 0.107. The van der Waals surface area contributed by atoms with Gasteiger partial charge in [0.2, 0.25) is 0 Å². The molecule has 0 bridgehead atoms. The standard InChI is InChI=1S/C16H16FNO2S/c1-11-6-7-12(10-14(11)17)18-15-8-9-21(19,20)16-5-3-2-4-13(15)16/h2-7,10,15,18H,8-9H2,1H3. The molecule has 5 heteroatoms. The molecule has 1 atom stereocenters. The zero-order valence-electron chi connectivity index (χ0n) is 11.6. The predicted octanol–water partition coefficient (Wildman–Crippen LogP) is 3.46. The van der Waals surface area contributed by atoms with Crippen LogP contribution in [0.2, 0.25) is 0 Å². The molecule has 110 valence electrons. The van der Waals surface area contributed by atoms with Crippen molar-refractivity contribution in [2.24, 2.45) is 0 Å². The highest BCUT2D eigenvalue weighted by Gasteiger charge is 2.29. The average molecular weight is 305 g/mol. The molecule has 0 fully saturated rings. The molecule has 1 heterocycles. The molecule has 0 aliphatic carbocycles. The molecule has 0 aromatic heterocycles. The van der Waals surface area contributed by atoms with Gasteiger partial charge in [-0.1, -0.05) is 24.3 Å². The number of hydrogen-bond acceptors (Lipinski definition) is 3. The molecule has 1 N–H and O–H groups in total. The first-order chi connectivity index (χ1) is 9.97. The third-order valence-electron chi connectivity index (χ3n) is 3.82. The first-order valence-electron chi connectivity index (χ1n) is 6.82. The highest BCUT2D eigenvalue weighted by Crippen LogP contribution is 2.34. The van der Waals surface area contributed by atoms with E-state index in [4.69, 9.17) is 0 Å². The fourth-order valence-corrected chi connectivity index (χ4v) is 4.25. The summed E-state index contributed by atoms with van der Waals surface area (Å²) in [6, 6.07) is 11.8. The van der Waals surface area contributed by atoms with E-state index in [9.17, 15) is 12.8 Å². The summed E-state index contributed by atoms with van der Waals surface area (Å²) in [4.78, 5) is 0.376. The largest absolute Gasteiger partial charge is 0.378 e. The monoisotopic (exact) mass is 305 g/mol. The van der Waals surface area contributed by atoms with Gasteiger partial charge in [0, 0.05) is 5.69 Å². The molecule has 3 rings (SSSR count). The normalized spacial score (nSPS) is 19.8. The van der Waals surface area contributed by atoms with Crippen LogP contribution in [0.15, 0.2) is 47.4 Å². The smallest absolute Gasteiger partial charge is 0.178 e. The van der Waals surface area contributed by atoms with Gasteiger partial charge in [-0.05, 0) is 42.7 Å². The summed E-state index contributed by atoms with van der Waals surface area (Å²) in [6.45, 7) is 1.71. The van der Waals surface area contributed by atoms with Crippen molar-refractivity contribution in [3.05, 3.63) is 59.4 Å². The van der Waals surface area contributed by atoms with E-state index in [0.717, 1.165) is 5.56 Å². The lowest BCUT2D eigenvalue weighted by molar-refractivity contribution is 0.575. The second-order valence-corrected chi connectivity index (χ2v) is 7.38. The van der Waals surface area contributed by atoms with E-state index in [2.05, 4.69) is 5.32 Å². The molecule has 21 heavy (non-hydrogen) atoms. The van der Waals surface area contributed by atoms with Crippen molar-refractivity contribution in [3.63, 3.8) is 0 Å². The lowest BCUT2D eigenvalue weighted by atomic mass is 10.0. The average Bonchev–Trinajstić information content (AvgIpc) is 2.46. The van der Waals surface area contributed by atoms with E-state index < -0.39 is 9.84 Å². The first-order valence-corrected chi connectivity index (χ1v) is 8.47. The van der Waals surface area contributed by atoms with Gasteiger partial charge in [-0.25, -0.2) is 12.8 Å². The number of benzene rings is 2. The van der Waals surface area contributed by atoms with E-state index in [1.54, 1.807) is 25.1 Å². The van der Waals surface area contributed by atoms with E-state index >= 15 is 0 Å². The molecule has 2 aromatic rings. The van der Waals surface area contributed by atoms with Crippen molar-refractivity contribution in [1.82, 2.24) is 0 Å². The predicted molar refractivity (Wildman–Crippen MR) is 80.6 cm³/mol. The number of aryl methyl sites for hydroxylation is 1. The fourth-order valence-electron chi connectivity index (χ4n) is 2.62. The zero-order chi connectivity index (χ0) is 15.0. The molecule has 2 aromatic carbocycles. The van der Waals surface area contributed by atoms with E-state index in [1.165, 1.54) is 6.07 Å². The minimum Gasteiger partial charge on any atom is -0.378 e. The van der Waals surface area contributed by atoms with Gasteiger partial charge in [0.1, 0.15) is 5.82 Å². The van der Waals surface area contributed by atoms with Crippen LogP contribution in [0.5, 0.6) is 0 Å². The third-order valence-corrected chi connectivity index (χ3v) is 5.63. The Morgan fingerprint density at radius 2 is 1.95 bits per heavy atom. The molecule has 0 saturated heterocycles. The number of sulfone groups is 1. The van der Waals surface area contributed by atoms with Crippen LogP contribution in [0.3, 0.4) is 0 Å². The molecule has 0 amide bonds. The van der Waals surface area contributed by atoms with Crippen LogP contribution in [0.4, 0.5) is 10.1 Å². The molecule has 1 aliphatic rings. The second kappa shape index (κ2) is 5.15. The van der Waals surface area contributed by atoms with Gasteiger partial charge < -0.3 is 5.32 Å². The second-order valence-electron chi connectivity index (χ2n) is 5.31. The molecule has 1 unspecified atom stereocenters. The van der Waals surface area contributed by atoms with Crippen molar-refractivity contribution in [3.8, 4) is 0 Å². The number of hydrogen-bond donors (Lipinski definition) is 1. The Morgan fingerprint density at radius 3 is 2.71 bits per heavy atom. The van der Waals surface area contributed by atoms with Crippen molar-refractivity contribution < 1.29 is 12.8 Å². The van der Waals surface area contributed by atoms with Gasteiger partial charge in [0.15, 0.2) is 9.84 Å². The Labute approximate surface area is 123 Å². The molecule has 0 spiro atoms. The molecule has 0 saturated carbocycles. The van der Waals surface area contributed by atoms with Crippen LogP contribution in [-0.4, -0.2) is 14.2 Å². The Kier molecular flexibility index (Phi) is 3.45. The summed E-state index contributed by atoms with van der Waals surface area (Å²) < 4.78 is 37.8. The highest BCUT2D eigenvalue weighted by atomic mass is 32.2. The summed E-state index contributed by atoms with van der Waals surface area (Å²) >= 11 is 0. The maximum Gasteiger partial charge on any atom is 0.178 e. The maximum absolute atomic E-state index is 13.6. The lowest BCUT2D eigenvalue weighted by Gasteiger charge is -2.27. The molecule has 0 radical (unpaired) electrons. The minimum atomic E-state index is -3.20. The van der Waals surface area contributed by atoms with Crippen LogP contribution in [0, 0.1) is 12.7 Å². The van der Waals surface area contributed by atoms with Gasteiger partial charge in [0.25, 0.3) is 0 Å². The Hall–Kier alpha value is -1.88. The van der Waals surface area contributed by atoms with E-state index in [-0.39, 0.29) is 17.6 Å². The third kappa shape index (κ3) is 2.65. The molecular formula is C16H16FNO2S. The highest BCUT2D eigenvalue weighted by molar-refractivity contribution is 7.91. The van der Waals surface area contributed by atoms with Gasteiger partial charge in [-0.2, -0.15) is 0 Å². The van der Waals surface area contributed by atoms with Crippen LogP contribution >= 0.6 is 0 Å². The number of fused-ring (bicyclic) bond motifs is 1. The van der Waals surface area contributed by atoms with E-state index in [0.29, 0.717) is 22.6 Å². The molecule has 3 nitrogen and oxygen atoms in total. The van der Waals surface area contributed by atoms with Crippen LogP contribution in [-0.2, 0) is 9.84 Å². The fraction of sp³-hybridized carbons (Fsp3) is 0.250.